The Balaban J connectivity index is 2.63. The third-order valence-corrected chi connectivity index (χ3v) is 3.29. The van der Waals surface area contributed by atoms with Gasteiger partial charge >= 0.3 is 0 Å². The van der Waals surface area contributed by atoms with Gasteiger partial charge in [-0.1, -0.05) is 66.2 Å². The van der Waals surface area contributed by atoms with E-state index >= 15 is 0 Å². The third-order valence-electron chi connectivity index (χ3n) is 3.29. The lowest BCUT2D eigenvalue weighted by Crippen LogP contribution is -2.26. The lowest BCUT2D eigenvalue weighted by molar-refractivity contribution is 0.649. The van der Waals surface area contributed by atoms with Crippen molar-refractivity contribution in [3.63, 3.8) is 0 Å². The molecule has 0 bridgehead atoms. The number of benzene rings is 2. The molecule has 0 radical (unpaired) electrons. The van der Waals surface area contributed by atoms with E-state index in [1.54, 1.807) is 0 Å². The first-order valence-electron chi connectivity index (χ1n) is 6.36. The van der Waals surface area contributed by atoms with Gasteiger partial charge in [-0.2, -0.15) is 5.26 Å². The van der Waals surface area contributed by atoms with Crippen LogP contribution in [0.5, 0.6) is 0 Å². The summed E-state index contributed by atoms with van der Waals surface area (Å²) in [6, 6.07) is 22.4. The predicted octanol–water partition coefficient (Wildman–Crippen LogP) is 4.46. The maximum Gasteiger partial charge on any atom is 0.111 e. The van der Waals surface area contributed by atoms with Crippen molar-refractivity contribution in [1.82, 2.24) is 0 Å². The van der Waals surface area contributed by atoms with Gasteiger partial charge < -0.3 is 0 Å². The van der Waals surface area contributed by atoms with Crippen molar-refractivity contribution in [2.75, 3.05) is 0 Å². The van der Waals surface area contributed by atoms with Crippen LogP contribution in [0.3, 0.4) is 0 Å². The fourth-order valence-electron chi connectivity index (χ4n) is 2.44. The maximum atomic E-state index is 9.84. The monoisotopic (exact) mass is 247 g/mol. The zero-order valence-electron chi connectivity index (χ0n) is 11.1. The molecule has 0 spiro atoms. The first-order chi connectivity index (χ1) is 9.19. The summed E-state index contributed by atoms with van der Waals surface area (Å²) in [6.45, 7) is 5.96. The van der Waals surface area contributed by atoms with Crippen LogP contribution in [0.15, 0.2) is 72.8 Å². The number of nitrogens with zero attached hydrogens (tertiary/aromatic N) is 1. The Kier molecular flexibility index (Phi) is 3.82. The average molecular weight is 247 g/mol. The van der Waals surface area contributed by atoms with Crippen LogP contribution in [-0.2, 0) is 5.41 Å². The van der Waals surface area contributed by atoms with Crippen LogP contribution in [0, 0.1) is 11.3 Å². The summed E-state index contributed by atoms with van der Waals surface area (Å²) in [6.07, 6.45) is 0.636. The molecule has 94 valence electrons. The molecule has 2 rings (SSSR count). The lowest BCUT2D eigenvalue weighted by atomic mass is 9.72. The van der Waals surface area contributed by atoms with E-state index in [2.05, 4.69) is 12.6 Å². The maximum absolute atomic E-state index is 9.84. The molecule has 0 heterocycles. The highest BCUT2D eigenvalue weighted by atomic mass is 14.4. The number of allylic oxidation sites excluding steroid dienone is 1. The van der Waals surface area contributed by atoms with Crippen molar-refractivity contribution in [3.8, 4) is 6.07 Å². The molecule has 0 amide bonds. The minimum absolute atomic E-state index is 0.636. The van der Waals surface area contributed by atoms with Gasteiger partial charge in [0, 0.05) is 0 Å². The molecule has 0 atom stereocenters. The molecule has 0 aliphatic rings. The first-order valence-corrected chi connectivity index (χ1v) is 6.36. The second kappa shape index (κ2) is 5.54. The van der Waals surface area contributed by atoms with Crippen molar-refractivity contribution < 1.29 is 0 Å². The highest BCUT2D eigenvalue weighted by Gasteiger charge is 2.34. The van der Waals surface area contributed by atoms with Crippen LogP contribution >= 0.6 is 0 Å². The molecule has 0 fully saturated rings. The van der Waals surface area contributed by atoms with E-state index in [0.29, 0.717) is 6.42 Å². The van der Waals surface area contributed by atoms with E-state index in [-0.39, 0.29) is 0 Å². The second-order valence-corrected chi connectivity index (χ2v) is 4.88. The Bertz CT molecular complexity index is 551. The summed E-state index contributed by atoms with van der Waals surface area (Å²) >= 11 is 0. The van der Waals surface area contributed by atoms with Crippen LogP contribution in [-0.4, -0.2) is 0 Å². The first kappa shape index (κ1) is 13.1. The summed E-state index contributed by atoms with van der Waals surface area (Å²) in [7, 11) is 0. The quantitative estimate of drug-likeness (QED) is 0.732. The van der Waals surface area contributed by atoms with Gasteiger partial charge in [-0.15, -0.1) is 6.58 Å². The summed E-state index contributed by atoms with van der Waals surface area (Å²) in [5.74, 6) is 0. The molecule has 19 heavy (non-hydrogen) atoms. The average Bonchev–Trinajstić information content (AvgIpc) is 2.46. The largest absolute Gasteiger partial charge is 0.197 e. The van der Waals surface area contributed by atoms with Gasteiger partial charge in [-0.25, -0.2) is 0 Å². The third kappa shape index (κ3) is 2.58. The predicted molar refractivity (Wildman–Crippen MR) is 78.7 cm³/mol. The fourth-order valence-corrected chi connectivity index (χ4v) is 2.44. The Morgan fingerprint density at radius 3 is 1.74 bits per heavy atom. The molecule has 0 aliphatic carbocycles. The molecular formula is C18H17N. The Hall–Kier alpha value is -2.33. The van der Waals surface area contributed by atoms with E-state index in [4.69, 9.17) is 0 Å². The smallest absolute Gasteiger partial charge is 0.111 e. The van der Waals surface area contributed by atoms with E-state index in [0.717, 1.165) is 16.7 Å². The van der Waals surface area contributed by atoms with E-state index in [1.807, 2.05) is 67.6 Å². The van der Waals surface area contributed by atoms with Crippen molar-refractivity contribution in [2.45, 2.75) is 18.8 Å². The molecule has 0 saturated carbocycles. The normalized spacial score (nSPS) is 10.7. The minimum Gasteiger partial charge on any atom is -0.197 e. The highest BCUT2D eigenvalue weighted by Crippen LogP contribution is 2.37. The molecule has 2 aromatic rings. The highest BCUT2D eigenvalue weighted by molar-refractivity contribution is 5.47. The molecule has 0 N–H and O–H groups in total. The van der Waals surface area contributed by atoms with Crippen LogP contribution in [0.25, 0.3) is 0 Å². The number of hydrogen-bond acceptors (Lipinski definition) is 1. The standard InChI is InChI=1S/C18H17N/c1-15(2)13-18(14-19,16-9-5-3-6-10-16)17-11-7-4-8-12-17/h3-12H,1,13H2,2H3. The number of hydrogen-bond donors (Lipinski definition) is 0. The Morgan fingerprint density at radius 1 is 1.00 bits per heavy atom. The molecule has 1 nitrogen and oxygen atoms in total. The second-order valence-electron chi connectivity index (χ2n) is 4.88. The zero-order valence-corrected chi connectivity index (χ0v) is 11.1. The topological polar surface area (TPSA) is 23.8 Å². The molecule has 1 heteroatoms. The minimum atomic E-state index is -0.644. The molecule has 0 saturated heterocycles. The molecule has 0 unspecified atom stereocenters. The summed E-state index contributed by atoms with van der Waals surface area (Å²) in [4.78, 5) is 0. The summed E-state index contributed by atoms with van der Waals surface area (Å²) in [5, 5.41) is 9.84. The van der Waals surface area contributed by atoms with Gasteiger partial charge in [0.15, 0.2) is 0 Å². The number of rotatable bonds is 4. The molecule has 0 aliphatic heterocycles. The van der Waals surface area contributed by atoms with Crippen molar-refractivity contribution in [1.29, 1.82) is 5.26 Å². The summed E-state index contributed by atoms with van der Waals surface area (Å²) < 4.78 is 0. The SMILES string of the molecule is C=C(C)CC(C#N)(c1ccccc1)c1ccccc1. The zero-order chi connectivity index (χ0) is 13.7. The molecule has 2 aromatic carbocycles. The summed E-state index contributed by atoms with van der Waals surface area (Å²) in [5.41, 5.74) is 2.40. The Morgan fingerprint density at radius 2 is 1.42 bits per heavy atom. The van der Waals surface area contributed by atoms with Crippen molar-refractivity contribution in [3.05, 3.63) is 83.9 Å². The van der Waals surface area contributed by atoms with Gasteiger partial charge in [0.05, 0.1) is 6.07 Å². The van der Waals surface area contributed by atoms with E-state index in [9.17, 15) is 5.26 Å². The van der Waals surface area contributed by atoms with Gasteiger partial charge in [0.25, 0.3) is 0 Å². The van der Waals surface area contributed by atoms with Gasteiger partial charge in [-0.05, 0) is 24.5 Å². The molecule has 0 aromatic heterocycles. The van der Waals surface area contributed by atoms with Gasteiger partial charge in [0.2, 0.25) is 0 Å². The van der Waals surface area contributed by atoms with E-state index < -0.39 is 5.41 Å². The van der Waals surface area contributed by atoms with Crippen LogP contribution < -0.4 is 0 Å². The van der Waals surface area contributed by atoms with Crippen molar-refractivity contribution >= 4 is 0 Å². The fraction of sp³-hybridized carbons (Fsp3) is 0.167. The van der Waals surface area contributed by atoms with Crippen LogP contribution in [0.1, 0.15) is 24.5 Å². The van der Waals surface area contributed by atoms with Gasteiger partial charge in [0.1, 0.15) is 5.41 Å². The van der Waals surface area contributed by atoms with Crippen LogP contribution in [0.4, 0.5) is 0 Å². The lowest BCUT2D eigenvalue weighted by Gasteiger charge is -2.28. The molecular weight excluding hydrogens is 230 g/mol. The van der Waals surface area contributed by atoms with Gasteiger partial charge in [-0.3, -0.25) is 0 Å². The number of nitriles is 1. The van der Waals surface area contributed by atoms with E-state index in [1.165, 1.54) is 0 Å². The Labute approximate surface area is 114 Å². The van der Waals surface area contributed by atoms with Crippen molar-refractivity contribution in [2.24, 2.45) is 0 Å². The van der Waals surface area contributed by atoms with Crippen LogP contribution in [0.2, 0.25) is 0 Å².